The Kier molecular flexibility index (Phi) is 3.88. The molecule has 0 aliphatic rings. The topological polar surface area (TPSA) is 49.9 Å². The molecule has 0 bridgehead atoms. The van der Waals surface area contributed by atoms with Crippen LogP contribution < -0.4 is 5.32 Å². The summed E-state index contributed by atoms with van der Waals surface area (Å²) in [5.74, 6) is 0.939. The molecule has 108 valence electrons. The third kappa shape index (κ3) is 3.23. The first kappa shape index (κ1) is 13.6. The lowest BCUT2D eigenvalue weighted by molar-refractivity contribution is 0.185. The van der Waals surface area contributed by atoms with E-state index in [-0.39, 0.29) is 0 Å². The monoisotopic (exact) mass is 281 g/mol. The van der Waals surface area contributed by atoms with Crippen LogP contribution >= 0.6 is 0 Å². The summed E-state index contributed by atoms with van der Waals surface area (Å²) in [6.45, 7) is 3.40. The number of aryl methyl sites for hydroxylation is 1. The summed E-state index contributed by atoms with van der Waals surface area (Å²) < 4.78 is 5.16. The van der Waals surface area contributed by atoms with E-state index in [1.165, 1.54) is 11.1 Å². The Hall–Kier alpha value is -2.33. The highest BCUT2D eigenvalue weighted by atomic mass is 16.5. The number of anilines is 1. The zero-order valence-corrected chi connectivity index (χ0v) is 12.3. The highest BCUT2D eigenvalue weighted by Gasteiger charge is 2.01. The molecule has 0 saturated carbocycles. The molecular formula is C17H19N3O. The maximum absolute atomic E-state index is 5.16. The summed E-state index contributed by atoms with van der Waals surface area (Å²) in [5, 5.41) is 3.44. The van der Waals surface area contributed by atoms with Crippen molar-refractivity contribution in [3.05, 3.63) is 59.4 Å². The SMILES string of the molecule is COCc1cccc(CNc2ccc3nc(C)[nH]c3c2)c1. The Labute approximate surface area is 124 Å². The summed E-state index contributed by atoms with van der Waals surface area (Å²) in [6, 6.07) is 14.6. The van der Waals surface area contributed by atoms with Gasteiger partial charge in [-0.05, 0) is 36.2 Å². The Morgan fingerprint density at radius 3 is 2.86 bits per heavy atom. The van der Waals surface area contributed by atoms with Crippen molar-refractivity contribution in [3.63, 3.8) is 0 Å². The summed E-state index contributed by atoms with van der Waals surface area (Å²) >= 11 is 0. The van der Waals surface area contributed by atoms with E-state index in [9.17, 15) is 0 Å². The lowest BCUT2D eigenvalue weighted by atomic mass is 10.1. The van der Waals surface area contributed by atoms with Crippen molar-refractivity contribution in [1.29, 1.82) is 0 Å². The fourth-order valence-electron chi connectivity index (χ4n) is 2.45. The van der Waals surface area contributed by atoms with E-state index >= 15 is 0 Å². The van der Waals surface area contributed by atoms with Gasteiger partial charge in [0.2, 0.25) is 0 Å². The van der Waals surface area contributed by atoms with Gasteiger partial charge in [0.15, 0.2) is 0 Å². The van der Waals surface area contributed by atoms with Crippen molar-refractivity contribution < 1.29 is 4.74 Å². The van der Waals surface area contributed by atoms with Crippen LogP contribution in [0.4, 0.5) is 5.69 Å². The van der Waals surface area contributed by atoms with Crippen LogP contribution in [0.15, 0.2) is 42.5 Å². The quantitative estimate of drug-likeness (QED) is 0.751. The van der Waals surface area contributed by atoms with E-state index in [1.807, 2.05) is 13.0 Å². The largest absolute Gasteiger partial charge is 0.381 e. The molecule has 1 heterocycles. The van der Waals surface area contributed by atoms with Gasteiger partial charge in [-0.1, -0.05) is 24.3 Å². The second-order valence-corrected chi connectivity index (χ2v) is 5.16. The second-order valence-electron chi connectivity index (χ2n) is 5.16. The van der Waals surface area contributed by atoms with E-state index in [1.54, 1.807) is 7.11 Å². The molecule has 0 aliphatic heterocycles. The Balaban J connectivity index is 1.72. The van der Waals surface area contributed by atoms with Crippen molar-refractivity contribution >= 4 is 16.7 Å². The van der Waals surface area contributed by atoms with E-state index < -0.39 is 0 Å². The fourth-order valence-corrected chi connectivity index (χ4v) is 2.45. The van der Waals surface area contributed by atoms with Crippen molar-refractivity contribution in [2.45, 2.75) is 20.1 Å². The fraction of sp³-hybridized carbons (Fsp3) is 0.235. The molecule has 0 aliphatic carbocycles. The number of aromatic nitrogens is 2. The average Bonchev–Trinajstić information content (AvgIpc) is 2.85. The minimum atomic E-state index is 0.646. The van der Waals surface area contributed by atoms with Gasteiger partial charge in [-0.25, -0.2) is 4.98 Å². The first-order chi connectivity index (χ1) is 10.2. The molecule has 4 heteroatoms. The van der Waals surface area contributed by atoms with Crippen LogP contribution in [0, 0.1) is 6.92 Å². The number of rotatable bonds is 5. The molecule has 0 saturated heterocycles. The third-order valence-electron chi connectivity index (χ3n) is 3.40. The smallest absolute Gasteiger partial charge is 0.104 e. The lowest BCUT2D eigenvalue weighted by Gasteiger charge is -2.08. The summed E-state index contributed by atoms with van der Waals surface area (Å²) in [4.78, 5) is 7.66. The number of nitrogens with zero attached hydrogens (tertiary/aromatic N) is 1. The van der Waals surface area contributed by atoms with E-state index in [2.05, 4.69) is 51.7 Å². The zero-order valence-electron chi connectivity index (χ0n) is 12.3. The number of fused-ring (bicyclic) bond motifs is 1. The molecule has 3 rings (SSSR count). The standard InChI is InChI=1S/C17H19N3O/c1-12-19-16-7-6-15(9-17(16)20-12)18-10-13-4-3-5-14(8-13)11-21-2/h3-9,18H,10-11H2,1-2H3,(H,19,20). The van der Waals surface area contributed by atoms with E-state index in [0.29, 0.717) is 6.61 Å². The first-order valence-electron chi connectivity index (χ1n) is 7.01. The van der Waals surface area contributed by atoms with Gasteiger partial charge in [-0.15, -0.1) is 0 Å². The maximum atomic E-state index is 5.16. The van der Waals surface area contributed by atoms with Crippen LogP contribution in [0.25, 0.3) is 11.0 Å². The van der Waals surface area contributed by atoms with Crippen LogP contribution in [0.3, 0.4) is 0 Å². The first-order valence-corrected chi connectivity index (χ1v) is 7.01. The van der Waals surface area contributed by atoms with Gasteiger partial charge in [0, 0.05) is 19.3 Å². The van der Waals surface area contributed by atoms with Gasteiger partial charge < -0.3 is 15.0 Å². The van der Waals surface area contributed by atoms with Crippen molar-refractivity contribution in [3.8, 4) is 0 Å². The molecule has 0 fully saturated rings. The third-order valence-corrected chi connectivity index (χ3v) is 3.40. The number of benzene rings is 2. The number of H-pyrrole nitrogens is 1. The molecule has 2 aromatic carbocycles. The van der Waals surface area contributed by atoms with Gasteiger partial charge in [-0.3, -0.25) is 0 Å². The summed E-state index contributed by atoms with van der Waals surface area (Å²) in [5.41, 5.74) is 5.58. The molecule has 3 aromatic rings. The van der Waals surface area contributed by atoms with Crippen LogP contribution in [0.2, 0.25) is 0 Å². The van der Waals surface area contributed by atoms with Gasteiger partial charge >= 0.3 is 0 Å². The predicted octanol–water partition coefficient (Wildman–Crippen LogP) is 3.63. The second kappa shape index (κ2) is 5.97. The maximum Gasteiger partial charge on any atom is 0.104 e. The summed E-state index contributed by atoms with van der Waals surface area (Å²) in [6.07, 6.45) is 0. The summed E-state index contributed by atoms with van der Waals surface area (Å²) in [7, 11) is 1.71. The van der Waals surface area contributed by atoms with Gasteiger partial charge in [0.25, 0.3) is 0 Å². The lowest BCUT2D eigenvalue weighted by Crippen LogP contribution is -2.00. The van der Waals surface area contributed by atoms with E-state index in [4.69, 9.17) is 4.74 Å². The molecule has 0 spiro atoms. The molecular weight excluding hydrogens is 262 g/mol. The number of aromatic amines is 1. The Bertz CT molecular complexity index is 749. The average molecular weight is 281 g/mol. The molecule has 0 amide bonds. The number of ether oxygens (including phenoxy) is 1. The number of nitrogens with one attached hydrogen (secondary N) is 2. The minimum absolute atomic E-state index is 0.646. The zero-order chi connectivity index (χ0) is 14.7. The van der Waals surface area contributed by atoms with Crippen molar-refractivity contribution in [2.24, 2.45) is 0 Å². The molecule has 2 N–H and O–H groups in total. The van der Waals surface area contributed by atoms with Crippen LogP contribution in [0.5, 0.6) is 0 Å². The van der Waals surface area contributed by atoms with Gasteiger partial charge in [-0.2, -0.15) is 0 Å². The molecule has 1 aromatic heterocycles. The number of hydrogen-bond donors (Lipinski definition) is 2. The Morgan fingerprint density at radius 2 is 2.00 bits per heavy atom. The molecule has 0 radical (unpaired) electrons. The van der Waals surface area contributed by atoms with Crippen LogP contribution in [-0.4, -0.2) is 17.1 Å². The Morgan fingerprint density at radius 1 is 1.14 bits per heavy atom. The van der Waals surface area contributed by atoms with Crippen molar-refractivity contribution in [1.82, 2.24) is 9.97 Å². The van der Waals surface area contributed by atoms with Crippen molar-refractivity contribution in [2.75, 3.05) is 12.4 Å². The van der Waals surface area contributed by atoms with Crippen LogP contribution in [-0.2, 0) is 17.9 Å². The van der Waals surface area contributed by atoms with E-state index in [0.717, 1.165) is 29.1 Å². The minimum Gasteiger partial charge on any atom is -0.381 e. The van der Waals surface area contributed by atoms with Gasteiger partial charge in [0.1, 0.15) is 5.82 Å². The molecule has 0 atom stereocenters. The predicted molar refractivity (Wildman–Crippen MR) is 85.3 cm³/mol. The number of hydrogen-bond acceptors (Lipinski definition) is 3. The normalized spacial score (nSPS) is 11.0. The van der Waals surface area contributed by atoms with Gasteiger partial charge in [0.05, 0.1) is 17.6 Å². The van der Waals surface area contributed by atoms with Crippen LogP contribution in [0.1, 0.15) is 17.0 Å². The molecule has 21 heavy (non-hydrogen) atoms. The number of imidazole rings is 1. The highest BCUT2D eigenvalue weighted by molar-refractivity contribution is 5.79. The molecule has 4 nitrogen and oxygen atoms in total. The highest BCUT2D eigenvalue weighted by Crippen LogP contribution is 2.18. The number of methoxy groups -OCH3 is 1. The molecule has 0 unspecified atom stereocenters.